The molecule has 0 saturated carbocycles. The van der Waals surface area contributed by atoms with Crippen molar-refractivity contribution in [3.8, 4) is 17.1 Å². The second-order valence-corrected chi connectivity index (χ2v) is 4.13. The molecule has 0 aliphatic carbocycles. The Labute approximate surface area is 110 Å². The van der Waals surface area contributed by atoms with Crippen molar-refractivity contribution in [3.05, 3.63) is 23.2 Å². The Kier molecular flexibility index (Phi) is 4.04. The van der Waals surface area contributed by atoms with E-state index in [4.69, 9.17) is 20.9 Å². The highest BCUT2D eigenvalue weighted by molar-refractivity contribution is 6.30. The van der Waals surface area contributed by atoms with Crippen LogP contribution in [0.1, 0.15) is 13.3 Å². The maximum Gasteiger partial charge on any atom is 0.321 e. The Balaban J connectivity index is 2.28. The average Bonchev–Trinajstić information content (AvgIpc) is 2.84. The van der Waals surface area contributed by atoms with E-state index < -0.39 is 0 Å². The minimum atomic E-state index is 0.406. The van der Waals surface area contributed by atoms with Crippen LogP contribution < -0.4 is 10.1 Å². The standard InChI is InChI=1S/C12H14ClN3O2/c1-3-6-14-12-15-11(16-18-12)9-5-4-8(13)7-10(9)17-2/h4-5,7H,3,6H2,1-2H3,(H,14,15,16). The van der Waals surface area contributed by atoms with Gasteiger partial charge in [-0.1, -0.05) is 23.7 Å². The molecule has 2 rings (SSSR count). The van der Waals surface area contributed by atoms with Gasteiger partial charge in [0.25, 0.3) is 0 Å². The number of aromatic nitrogens is 2. The van der Waals surface area contributed by atoms with Crippen molar-refractivity contribution in [3.63, 3.8) is 0 Å². The summed E-state index contributed by atoms with van der Waals surface area (Å²) in [6, 6.07) is 5.68. The molecule has 0 fully saturated rings. The first-order chi connectivity index (χ1) is 8.74. The number of methoxy groups -OCH3 is 1. The van der Waals surface area contributed by atoms with Crippen molar-refractivity contribution in [2.24, 2.45) is 0 Å². The predicted octanol–water partition coefficient (Wildman–Crippen LogP) is 3.22. The first-order valence-electron chi connectivity index (χ1n) is 5.66. The van der Waals surface area contributed by atoms with Crippen LogP contribution in [0.5, 0.6) is 5.75 Å². The van der Waals surface area contributed by atoms with Crippen LogP contribution in [0, 0.1) is 0 Å². The van der Waals surface area contributed by atoms with Crippen LogP contribution in [0.3, 0.4) is 0 Å². The van der Waals surface area contributed by atoms with Crippen molar-refractivity contribution in [1.82, 2.24) is 10.1 Å². The molecule has 0 saturated heterocycles. The molecule has 1 N–H and O–H groups in total. The van der Waals surface area contributed by atoms with E-state index in [2.05, 4.69) is 22.4 Å². The fourth-order valence-electron chi connectivity index (χ4n) is 1.49. The first-order valence-corrected chi connectivity index (χ1v) is 6.04. The van der Waals surface area contributed by atoms with E-state index in [0.29, 0.717) is 22.6 Å². The predicted molar refractivity (Wildman–Crippen MR) is 70.1 cm³/mol. The van der Waals surface area contributed by atoms with Gasteiger partial charge in [0, 0.05) is 11.6 Å². The molecule has 0 aliphatic heterocycles. The molecule has 2 aromatic rings. The van der Waals surface area contributed by atoms with E-state index in [1.165, 1.54) is 0 Å². The number of rotatable bonds is 5. The molecule has 1 heterocycles. The van der Waals surface area contributed by atoms with Crippen LogP contribution in [-0.2, 0) is 0 Å². The van der Waals surface area contributed by atoms with Crippen molar-refractivity contribution < 1.29 is 9.26 Å². The van der Waals surface area contributed by atoms with E-state index in [9.17, 15) is 0 Å². The molecular formula is C12H14ClN3O2. The third kappa shape index (κ3) is 2.73. The normalized spacial score (nSPS) is 10.4. The summed E-state index contributed by atoms with van der Waals surface area (Å²) < 4.78 is 10.3. The van der Waals surface area contributed by atoms with Gasteiger partial charge in [0.1, 0.15) is 5.75 Å². The number of anilines is 1. The van der Waals surface area contributed by atoms with Gasteiger partial charge in [-0.3, -0.25) is 0 Å². The number of nitrogens with zero attached hydrogens (tertiary/aromatic N) is 2. The maximum absolute atomic E-state index is 5.90. The Hall–Kier alpha value is -1.75. The van der Waals surface area contributed by atoms with Crippen LogP contribution >= 0.6 is 11.6 Å². The van der Waals surface area contributed by atoms with Crippen LogP contribution in [0.2, 0.25) is 5.02 Å². The Morgan fingerprint density at radius 1 is 1.44 bits per heavy atom. The van der Waals surface area contributed by atoms with Crippen molar-refractivity contribution >= 4 is 17.6 Å². The summed E-state index contributed by atoms with van der Waals surface area (Å²) in [5.41, 5.74) is 0.746. The average molecular weight is 268 g/mol. The topological polar surface area (TPSA) is 60.2 Å². The van der Waals surface area contributed by atoms with Crippen LogP contribution in [0.25, 0.3) is 11.4 Å². The second kappa shape index (κ2) is 5.73. The fraction of sp³-hybridized carbons (Fsp3) is 0.333. The minimum Gasteiger partial charge on any atom is -0.496 e. The molecule has 5 nitrogen and oxygen atoms in total. The van der Waals surface area contributed by atoms with E-state index in [1.807, 2.05) is 0 Å². The molecule has 1 aromatic heterocycles. The lowest BCUT2D eigenvalue weighted by Crippen LogP contribution is -1.99. The molecular weight excluding hydrogens is 254 g/mol. The summed E-state index contributed by atoms with van der Waals surface area (Å²) in [7, 11) is 1.57. The molecule has 0 radical (unpaired) electrons. The number of ether oxygens (including phenoxy) is 1. The van der Waals surface area contributed by atoms with Gasteiger partial charge >= 0.3 is 6.01 Å². The molecule has 1 aromatic carbocycles. The molecule has 0 bridgehead atoms. The van der Waals surface area contributed by atoms with Gasteiger partial charge in [0.2, 0.25) is 5.82 Å². The molecule has 96 valence electrons. The van der Waals surface area contributed by atoms with Gasteiger partial charge in [-0.15, -0.1) is 0 Å². The van der Waals surface area contributed by atoms with E-state index >= 15 is 0 Å². The zero-order valence-corrected chi connectivity index (χ0v) is 11.0. The molecule has 0 unspecified atom stereocenters. The highest BCUT2D eigenvalue weighted by Gasteiger charge is 2.13. The number of hydrogen-bond acceptors (Lipinski definition) is 5. The monoisotopic (exact) mass is 267 g/mol. The van der Waals surface area contributed by atoms with Gasteiger partial charge in [-0.05, 0) is 24.6 Å². The smallest absolute Gasteiger partial charge is 0.321 e. The summed E-state index contributed by atoms with van der Waals surface area (Å²) in [5, 5.41) is 7.53. The van der Waals surface area contributed by atoms with Crippen LogP contribution in [0.15, 0.2) is 22.7 Å². The number of hydrogen-bond donors (Lipinski definition) is 1. The summed E-state index contributed by atoms with van der Waals surface area (Å²) in [6.45, 7) is 2.85. The Morgan fingerprint density at radius 3 is 3.00 bits per heavy atom. The van der Waals surface area contributed by atoms with Gasteiger partial charge < -0.3 is 14.6 Å². The Morgan fingerprint density at radius 2 is 2.28 bits per heavy atom. The van der Waals surface area contributed by atoms with E-state index in [-0.39, 0.29) is 0 Å². The van der Waals surface area contributed by atoms with Crippen molar-refractivity contribution in [2.45, 2.75) is 13.3 Å². The van der Waals surface area contributed by atoms with Gasteiger partial charge in [-0.25, -0.2) is 0 Å². The highest BCUT2D eigenvalue weighted by atomic mass is 35.5. The third-order valence-corrected chi connectivity index (χ3v) is 2.59. The SMILES string of the molecule is CCCNc1nc(-c2ccc(Cl)cc2OC)no1. The lowest BCUT2D eigenvalue weighted by Gasteiger charge is -2.04. The number of nitrogens with one attached hydrogen (secondary N) is 1. The molecule has 6 heteroatoms. The van der Waals surface area contributed by atoms with Gasteiger partial charge in [0.15, 0.2) is 0 Å². The molecule has 0 atom stereocenters. The first kappa shape index (κ1) is 12.7. The van der Waals surface area contributed by atoms with Crippen LogP contribution in [0.4, 0.5) is 6.01 Å². The van der Waals surface area contributed by atoms with E-state index in [0.717, 1.165) is 18.5 Å². The minimum absolute atomic E-state index is 0.406. The quantitative estimate of drug-likeness (QED) is 0.901. The van der Waals surface area contributed by atoms with Gasteiger partial charge in [0.05, 0.1) is 12.7 Å². The van der Waals surface area contributed by atoms with Crippen molar-refractivity contribution in [2.75, 3.05) is 19.0 Å². The summed E-state index contributed by atoms with van der Waals surface area (Å²) in [5.74, 6) is 1.09. The molecule has 18 heavy (non-hydrogen) atoms. The Bertz CT molecular complexity index is 528. The number of benzene rings is 1. The second-order valence-electron chi connectivity index (χ2n) is 3.69. The summed E-state index contributed by atoms with van der Waals surface area (Å²) in [6.07, 6.45) is 0.988. The zero-order valence-electron chi connectivity index (χ0n) is 10.2. The lowest BCUT2D eigenvalue weighted by atomic mass is 10.2. The zero-order chi connectivity index (χ0) is 13.0. The summed E-state index contributed by atoms with van der Waals surface area (Å²) >= 11 is 5.90. The third-order valence-electron chi connectivity index (χ3n) is 2.36. The van der Waals surface area contributed by atoms with E-state index in [1.54, 1.807) is 25.3 Å². The maximum atomic E-state index is 5.90. The van der Waals surface area contributed by atoms with Crippen LogP contribution in [-0.4, -0.2) is 23.8 Å². The summed E-state index contributed by atoms with van der Waals surface area (Å²) in [4.78, 5) is 4.24. The highest BCUT2D eigenvalue weighted by Crippen LogP contribution is 2.30. The molecule has 0 spiro atoms. The lowest BCUT2D eigenvalue weighted by molar-refractivity contribution is 0.413. The van der Waals surface area contributed by atoms with Gasteiger partial charge in [-0.2, -0.15) is 4.98 Å². The largest absolute Gasteiger partial charge is 0.496 e. The number of halogens is 1. The van der Waals surface area contributed by atoms with Crippen molar-refractivity contribution in [1.29, 1.82) is 0 Å². The fourth-order valence-corrected chi connectivity index (χ4v) is 1.65. The molecule has 0 amide bonds. The molecule has 0 aliphatic rings.